The summed E-state index contributed by atoms with van der Waals surface area (Å²) < 4.78 is 0. The second-order valence-electron chi connectivity index (χ2n) is 1.51. The van der Waals surface area contributed by atoms with Crippen molar-refractivity contribution in [3.8, 4) is 0 Å². The minimum Gasteiger partial charge on any atom is -0.543 e. The van der Waals surface area contributed by atoms with E-state index in [4.69, 9.17) is 11.6 Å². The number of carboxylic acids is 1. The summed E-state index contributed by atoms with van der Waals surface area (Å²) in [5, 5.41) is 10.2. The molecule has 1 rings (SSSR count). The first kappa shape index (κ1) is 6.95. The predicted molar refractivity (Wildman–Crippen MR) is 31.4 cm³/mol. The number of halogens is 1. The molecule has 0 saturated carbocycles. The van der Waals surface area contributed by atoms with E-state index in [0.29, 0.717) is 0 Å². The number of carboxylic acid groups (broad SMARTS) is 1. The van der Waals surface area contributed by atoms with Crippen molar-refractivity contribution in [1.29, 1.82) is 0 Å². The molecule has 0 aliphatic heterocycles. The summed E-state index contributed by atoms with van der Waals surface area (Å²) in [5.74, 6) is -1.36. The number of carbonyl (C=O) groups is 1. The molecule has 0 spiro atoms. The molecule has 1 heterocycles. The fraction of sp³-hybridized carbons (Fsp3) is 0. The third-order valence-corrected chi connectivity index (χ3v) is 1.05. The molecule has 52 valence electrons. The Morgan fingerprint density at radius 3 is 2.70 bits per heavy atom. The minimum atomic E-state index is -1.36. The maximum absolute atomic E-state index is 10.1. The number of nitrogens with zero attached hydrogens (tertiary/aromatic N) is 2. The number of aromatic carboxylic acids is 1. The monoisotopic (exact) mass is 157 g/mol. The average Bonchev–Trinajstić information content (AvgIpc) is 1.88. The first-order valence-electron chi connectivity index (χ1n) is 2.39. The highest BCUT2D eigenvalue weighted by molar-refractivity contribution is 6.29. The molecule has 0 bridgehead atoms. The molecule has 0 unspecified atom stereocenters. The molecule has 0 radical (unpaired) electrons. The Morgan fingerprint density at radius 2 is 2.30 bits per heavy atom. The van der Waals surface area contributed by atoms with Crippen molar-refractivity contribution in [2.75, 3.05) is 0 Å². The molecule has 0 N–H and O–H groups in total. The zero-order chi connectivity index (χ0) is 7.56. The van der Waals surface area contributed by atoms with Crippen LogP contribution in [0.4, 0.5) is 0 Å². The van der Waals surface area contributed by atoms with E-state index in [1.807, 2.05) is 0 Å². The Balaban J connectivity index is 3.07. The van der Waals surface area contributed by atoms with Gasteiger partial charge in [-0.15, -0.1) is 0 Å². The smallest absolute Gasteiger partial charge is 0.133 e. The highest BCUT2D eigenvalue weighted by Gasteiger charge is 1.94. The fourth-order valence-electron chi connectivity index (χ4n) is 0.445. The second kappa shape index (κ2) is 2.62. The molecule has 10 heavy (non-hydrogen) atoms. The van der Waals surface area contributed by atoms with Crippen LogP contribution in [0.5, 0.6) is 0 Å². The lowest BCUT2D eigenvalue weighted by atomic mass is 10.4. The molecule has 0 amide bonds. The summed E-state index contributed by atoms with van der Waals surface area (Å²) in [6.45, 7) is 0. The maximum Gasteiger partial charge on any atom is 0.133 e. The third-order valence-electron chi connectivity index (χ3n) is 0.843. The van der Waals surface area contributed by atoms with Crippen molar-refractivity contribution in [2.24, 2.45) is 0 Å². The Bertz CT molecular complexity index is 264. The summed E-state index contributed by atoms with van der Waals surface area (Å²) in [5.41, 5.74) is -0.208. The van der Waals surface area contributed by atoms with E-state index in [0.717, 1.165) is 12.4 Å². The first-order valence-corrected chi connectivity index (χ1v) is 2.77. The van der Waals surface area contributed by atoms with Crippen LogP contribution in [0, 0.1) is 0 Å². The molecule has 0 aliphatic rings. The number of hydrogen-bond acceptors (Lipinski definition) is 4. The zero-order valence-corrected chi connectivity index (χ0v) is 5.50. The lowest BCUT2D eigenvalue weighted by Gasteiger charge is -1.98. The Labute approximate surface area is 61.5 Å². The molecule has 0 atom stereocenters. The van der Waals surface area contributed by atoms with Crippen molar-refractivity contribution in [3.63, 3.8) is 0 Å². The van der Waals surface area contributed by atoms with Gasteiger partial charge in [0.05, 0.1) is 11.7 Å². The molecule has 1 aromatic heterocycles. The number of hydrogen-bond donors (Lipinski definition) is 0. The van der Waals surface area contributed by atoms with E-state index < -0.39 is 5.97 Å². The van der Waals surface area contributed by atoms with Crippen molar-refractivity contribution in [1.82, 2.24) is 9.97 Å². The van der Waals surface area contributed by atoms with Crippen LogP contribution < -0.4 is 5.11 Å². The van der Waals surface area contributed by atoms with Gasteiger partial charge in [0.1, 0.15) is 11.5 Å². The van der Waals surface area contributed by atoms with E-state index in [1.54, 1.807) is 0 Å². The Hall–Kier alpha value is -1.16. The van der Waals surface area contributed by atoms with Crippen LogP contribution in [-0.4, -0.2) is 15.9 Å². The SMILES string of the molecule is O=C([O-])c1cc(Cl)ncn1. The van der Waals surface area contributed by atoms with Gasteiger partial charge in [0, 0.05) is 6.07 Å². The molecule has 0 fully saturated rings. The number of rotatable bonds is 1. The second-order valence-corrected chi connectivity index (χ2v) is 1.90. The normalized spacial score (nSPS) is 9.30. The lowest BCUT2D eigenvalue weighted by molar-refractivity contribution is -0.255. The number of carbonyl (C=O) groups excluding carboxylic acids is 1. The van der Waals surface area contributed by atoms with Crippen molar-refractivity contribution in [2.45, 2.75) is 0 Å². The molecule has 0 aromatic carbocycles. The van der Waals surface area contributed by atoms with Gasteiger partial charge in [0.25, 0.3) is 0 Å². The van der Waals surface area contributed by atoms with Crippen LogP contribution in [0.3, 0.4) is 0 Å². The Kier molecular flexibility index (Phi) is 1.82. The molecule has 1 aromatic rings. The quantitative estimate of drug-likeness (QED) is 0.515. The standard InChI is InChI=1S/C5H3ClN2O2/c6-4-1-3(5(9)10)7-2-8-4/h1-2H,(H,9,10)/p-1. The molecule has 4 nitrogen and oxygen atoms in total. The molecule has 5 heteroatoms. The van der Waals surface area contributed by atoms with Gasteiger partial charge in [-0.3, -0.25) is 0 Å². The predicted octanol–water partition coefficient (Wildman–Crippen LogP) is -0.506. The van der Waals surface area contributed by atoms with Gasteiger partial charge in [-0.1, -0.05) is 11.6 Å². The molecule has 0 aliphatic carbocycles. The lowest BCUT2D eigenvalue weighted by Crippen LogP contribution is -2.23. The summed E-state index contributed by atoms with van der Waals surface area (Å²) >= 11 is 5.35. The van der Waals surface area contributed by atoms with Crippen molar-refractivity contribution >= 4 is 17.6 Å². The highest BCUT2D eigenvalue weighted by Crippen LogP contribution is 2.02. The van der Waals surface area contributed by atoms with Gasteiger partial charge in [-0.05, 0) is 0 Å². The van der Waals surface area contributed by atoms with Crippen LogP contribution in [0.1, 0.15) is 10.5 Å². The van der Waals surface area contributed by atoms with Gasteiger partial charge >= 0.3 is 0 Å². The van der Waals surface area contributed by atoms with Gasteiger partial charge in [0.15, 0.2) is 0 Å². The van der Waals surface area contributed by atoms with Gasteiger partial charge < -0.3 is 9.90 Å². The zero-order valence-electron chi connectivity index (χ0n) is 4.74. The van der Waals surface area contributed by atoms with E-state index in [-0.39, 0.29) is 10.8 Å². The summed E-state index contributed by atoms with van der Waals surface area (Å²) in [7, 11) is 0. The average molecular weight is 158 g/mol. The van der Waals surface area contributed by atoms with Gasteiger partial charge in [-0.2, -0.15) is 0 Å². The van der Waals surface area contributed by atoms with Gasteiger partial charge in [-0.25, -0.2) is 9.97 Å². The first-order chi connectivity index (χ1) is 4.70. The van der Waals surface area contributed by atoms with Crippen LogP contribution in [0.25, 0.3) is 0 Å². The van der Waals surface area contributed by atoms with Crippen molar-refractivity contribution < 1.29 is 9.90 Å². The summed E-state index contributed by atoms with van der Waals surface area (Å²) in [4.78, 5) is 17.0. The van der Waals surface area contributed by atoms with E-state index >= 15 is 0 Å². The van der Waals surface area contributed by atoms with E-state index in [9.17, 15) is 9.90 Å². The van der Waals surface area contributed by atoms with Crippen LogP contribution in [0.2, 0.25) is 5.15 Å². The number of aromatic nitrogens is 2. The molecule has 0 saturated heterocycles. The Morgan fingerprint density at radius 1 is 1.60 bits per heavy atom. The largest absolute Gasteiger partial charge is 0.543 e. The van der Waals surface area contributed by atoms with Crippen molar-refractivity contribution in [3.05, 3.63) is 23.2 Å². The molecular weight excluding hydrogens is 156 g/mol. The minimum absolute atomic E-state index is 0.0919. The fourth-order valence-corrected chi connectivity index (χ4v) is 0.592. The summed E-state index contributed by atoms with van der Waals surface area (Å²) in [6.07, 6.45) is 1.06. The van der Waals surface area contributed by atoms with Gasteiger partial charge in [0.2, 0.25) is 0 Å². The van der Waals surface area contributed by atoms with Crippen LogP contribution >= 0.6 is 11.6 Å². The molecular formula is C5H2ClN2O2-. The van der Waals surface area contributed by atoms with Crippen LogP contribution in [-0.2, 0) is 0 Å². The maximum atomic E-state index is 10.1. The topological polar surface area (TPSA) is 65.9 Å². The van der Waals surface area contributed by atoms with E-state index in [1.165, 1.54) is 0 Å². The third kappa shape index (κ3) is 1.41. The summed E-state index contributed by atoms with van der Waals surface area (Å²) in [6, 6.07) is 1.12. The van der Waals surface area contributed by atoms with Crippen LogP contribution in [0.15, 0.2) is 12.4 Å². The highest BCUT2D eigenvalue weighted by atomic mass is 35.5. The van der Waals surface area contributed by atoms with E-state index in [2.05, 4.69) is 9.97 Å².